The number of ether oxygens (including phenoxy) is 1. The van der Waals surface area contributed by atoms with Gasteiger partial charge in [-0.05, 0) is 62.7 Å². The van der Waals surface area contributed by atoms with Gasteiger partial charge in [0.05, 0.1) is 17.7 Å². The molecule has 0 spiro atoms. The highest BCUT2D eigenvalue weighted by Gasteiger charge is 2.47. The zero-order valence-corrected chi connectivity index (χ0v) is 20.6. The highest BCUT2D eigenvalue weighted by Crippen LogP contribution is 2.42. The van der Waals surface area contributed by atoms with Crippen LogP contribution in [0.3, 0.4) is 0 Å². The van der Waals surface area contributed by atoms with E-state index in [1.165, 1.54) is 4.90 Å². The fourth-order valence-electron chi connectivity index (χ4n) is 4.31. The lowest BCUT2D eigenvalue weighted by molar-refractivity contribution is -0.132. The first-order valence-electron chi connectivity index (χ1n) is 11.6. The summed E-state index contributed by atoms with van der Waals surface area (Å²) in [6.45, 7) is 5.78. The SMILES string of the molecule is Cc1cccc(C2/C(=C(/O)c3cccc(OC(C)C)c3)C(=O)C(=O)N2c2ccc(N(C)C)cc2)c1. The number of amides is 1. The first kappa shape index (κ1) is 24.1. The summed E-state index contributed by atoms with van der Waals surface area (Å²) < 4.78 is 5.76. The van der Waals surface area contributed by atoms with E-state index in [1.54, 1.807) is 24.3 Å². The van der Waals surface area contributed by atoms with Crippen molar-refractivity contribution in [2.24, 2.45) is 0 Å². The molecular weight excluding hydrogens is 440 g/mol. The number of hydrogen-bond donors (Lipinski definition) is 1. The van der Waals surface area contributed by atoms with Gasteiger partial charge in [0.1, 0.15) is 11.5 Å². The monoisotopic (exact) mass is 470 g/mol. The standard InChI is InChI=1S/C29H30N2O4/c1-18(2)35-24-11-7-10-21(17-24)27(32)25-26(20-9-6-8-19(3)16-20)31(29(34)28(25)33)23-14-12-22(13-15-23)30(4)5/h6-18,26,32H,1-5H3/b27-25-. The van der Waals surface area contributed by atoms with Gasteiger partial charge in [0.15, 0.2) is 0 Å². The average Bonchev–Trinajstić information content (AvgIpc) is 3.09. The Balaban J connectivity index is 1.89. The predicted octanol–water partition coefficient (Wildman–Crippen LogP) is 5.47. The molecule has 1 saturated heterocycles. The van der Waals surface area contributed by atoms with Gasteiger partial charge >= 0.3 is 0 Å². The van der Waals surface area contributed by atoms with Crippen molar-refractivity contribution in [2.75, 3.05) is 23.9 Å². The second kappa shape index (κ2) is 9.66. The van der Waals surface area contributed by atoms with Gasteiger partial charge < -0.3 is 14.7 Å². The van der Waals surface area contributed by atoms with Crippen LogP contribution in [0.5, 0.6) is 5.75 Å². The second-order valence-corrected chi connectivity index (χ2v) is 9.19. The van der Waals surface area contributed by atoms with Gasteiger partial charge in [-0.2, -0.15) is 0 Å². The minimum Gasteiger partial charge on any atom is -0.507 e. The lowest BCUT2D eigenvalue weighted by Crippen LogP contribution is -2.29. The van der Waals surface area contributed by atoms with E-state index in [0.717, 1.165) is 16.8 Å². The number of Topliss-reactive ketones (excluding diaryl/α,β-unsaturated/α-hetero) is 1. The van der Waals surface area contributed by atoms with Gasteiger partial charge in [0.2, 0.25) is 0 Å². The number of carbonyl (C=O) groups excluding carboxylic acids is 2. The van der Waals surface area contributed by atoms with Gasteiger partial charge in [0, 0.05) is 31.0 Å². The molecule has 0 saturated carbocycles. The Labute approximate surface area is 206 Å². The summed E-state index contributed by atoms with van der Waals surface area (Å²) in [6, 6.07) is 21.2. The van der Waals surface area contributed by atoms with E-state index in [0.29, 0.717) is 17.0 Å². The van der Waals surface area contributed by atoms with Gasteiger partial charge in [-0.25, -0.2) is 0 Å². The molecule has 6 heteroatoms. The Hall–Kier alpha value is -4.06. The van der Waals surface area contributed by atoms with Gasteiger partial charge in [-0.3, -0.25) is 14.5 Å². The molecule has 3 aromatic carbocycles. The van der Waals surface area contributed by atoms with Crippen molar-refractivity contribution in [1.82, 2.24) is 0 Å². The van der Waals surface area contributed by atoms with Crippen molar-refractivity contribution in [3.8, 4) is 5.75 Å². The van der Waals surface area contributed by atoms with E-state index >= 15 is 0 Å². The number of nitrogens with zero attached hydrogens (tertiary/aromatic N) is 2. The number of ketones is 1. The molecule has 1 heterocycles. The molecule has 1 N–H and O–H groups in total. The molecule has 3 aromatic rings. The van der Waals surface area contributed by atoms with E-state index in [-0.39, 0.29) is 17.4 Å². The van der Waals surface area contributed by atoms with Crippen LogP contribution < -0.4 is 14.5 Å². The quantitative estimate of drug-likeness (QED) is 0.294. The van der Waals surface area contributed by atoms with Gasteiger partial charge in [-0.15, -0.1) is 0 Å². The van der Waals surface area contributed by atoms with Crippen LogP contribution in [0.2, 0.25) is 0 Å². The third-order valence-corrected chi connectivity index (χ3v) is 5.93. The minimum absolute atomic E-state index is 0.0459. The van der Waals surface area contributed by atoms with E-state index in [4.69, 9.17) is 4.74 Å². The Bertz CT molecular complexity index is 1290. The number of anilines is 2. The van der Waals surface area contributed by atoms with Gasteiger partial charge in [0.25, 0.3) is 11.7 Å². The lowest BCUT2D eigenvalue weighted by Gasteiger charge is -2.26. The Morgan fingerprint density at radius 3 is 2.29 bits per heavy atom. The molecule has 0 radical (unpaired) electrons. The second-order valence-electron chi connectivity index (χ2n) is 9.19. The van der Waals surface area contributed by atoms with Crippen molar-refractivity contribution < 1.29 is 19.4 Å². The van der Waals surface area contributed by atoms with Crippen LogP contribution in [0.25, 0.3) is 5.76 Å². The number of aryl methyl sites for hydroxylation is 1. The summed E-state index contributed by atoms with van der Waals surface area (Å²) >= 11 is 0. The number of aliphatic hydroxyl groups is 1. The molecule has 6 nitrogen and oxygen atoms in total. The van der Waals surface area contributed by atoms with E-state index in [1.807, 2.05) is 88.3 Å². The van der Waals surface area contributed by atoms with E-state index in [9.17, 15) is 14.7 Å². The summed E-state index contributed by atoms with van der Waals surface area (Å²) in [5.41, 5.74) is 3.76. The molecule has 1 atom stereocenters. The number of benzene rings is 3. The molecule has 0 aromatic heterocycles. The van der Waals surface area contributed by atoms with Crippen LogP contribution in [0.4, 0.5) is 11.4 Å². The molecule has 4 rings (SSSR count). The van der Waals surface area contributed by atoms with Crippen LogP contribution in [-0.2, 0) is 9.59 Å². The normalized spacial score (nSPS) is 17.2. The summed E-state index contributed by atoms with van der Waals surface area (Å²) in [5, 5.41) is 11.4. The topological polar surface area (TPSA) is 70.1 Å². The fourth-order valence-corrected chi connectivity index (χ4v) is 4.31. The molecule has 35 heavy (non-hydrogen) atoms. The highest BCUT2D eigenvalue weighted by molar-refractivity contribution is 6.51. The lowest BCUT2D eigenvalue weighted by atomic mass is 9.94. The fraction of sp³-hybridized carbons (Fsp3) is 0.241. The number of aliphatic hydroxyl groups excluding tert-OH is 1. The van der Waals surface area contributed by atoms with Crippen molar-refractivity contribution in [3.05, 3.63) is 95.1 Å². The molecule has 0 bridgehead atoms. The Morgan fingerprint density at radius 2 is 1.66 bits per heavy atom. The van der Waals surface area contributed by atoms with Crippen LogP contribution in [-0.4, -0.2) is 37.0 Å². The predicted molar refractivity (Wildman–Crippen MR) is 139 cm³/mol. The summed E-state index contributed by atoms with van der Waals surface area (Å²) in [6.07, 6.45) is -0.0459. The molecule has 1 aliphatic rings. The first-order chi connectivity index (χ1) is 16.7. The third kappa shape index (κ3) is 4.78. The highest BCUT2D eigenvalue weighted by atomic mass is 16.5. The molecular formula is C29H30N2O4. The van der Waals surface area contributed by atoms with Crippen molar-refractivity contribution >= 4 is 28.8 Å². The smallest absolute Gasteiger partial charge is 0.300 e. The Kier molecular flexibility index (Phi) is 6.65. The largest absolute Gasteiger partial charge is 0.507 e. The first-order valence-corrected chi connectivity index (χ1v) is 11.6. The maximum atomic E-state index is 13.4. The maximum absolute atomic E-state index is 13.4. The maximum Gasteiger partial charge on any atom is 0.300 e. The summed E-state index contributed by atoms with van der Waals surface area (Å²) in [4.78, 5) is 30.1. The van der Waals surface area contributed by atoms with Crippen molar-refractivity contribution in [2.45, 2.75) is 32.9 Å². The summed E-state index contributed by atoms with van der Waals surface area (Å²) in [7, 11) is 3.87. The number of hydrogen-bond acceptors (Lipinski definition) is 5. The number of carbonyl (C=O) groups is 2. The van der Waals surface area contributed by atoms with Crippen molar-refractivity contribution in [1.29, 1.82) is 0 Å². The zero-order chi connectivity index (χ0) is 25.3. The zero-order valence-electron chi connectivity index (χ0n) is 20.6. The molecule has 1 unspecified atom stereocenters. The molecule has 1 amide bonds. The van der Waals surface area contributed by atoms with Gasteiger partial charge in [-0.1, -0.05) is 42.0 Å². The van der Waals surface area contributed by atoms with Crippen molar-refractivity contribution in [3.63, 3.8) is 0 Å². The summed E-state index contributed by atoms with van der Waals surface area (Å²) in [5.74, 6) is -1.05. The minimum atomic E-state index is -0.769. The molecule has 180 valence electrons. The number of rotatable bonds is 6. The van der Waals surface area contributed by atoms with Crippen LogP contribution in [0.1, 0.15) is 36.6 Å². The molecule has 0 aliphatic carbocycles. The van der Waals surface area contributed by atoms with Crippen LogP contribution in [0, 0.1) is 6.92 Å². The van der Waals surface area contributed by atoms with E-state index < -0.39 is 17.7 Å². The molecule has 1 fully saturated rings. The average molecular weight is 471 g/mol. The van der Waals surface area contributed by atoms with Crippen LogP contribution >= 0.6 is 0 Å². The Morgan fingerprint density at radius 1 is 0.971 bits per heavy atom. The van der Waals surface area contributed by atoms with E-state index in [2.05, 4.69) is 0 Å². The molecule has 1 aliphatic heterocycles. The van der Waals surface area contributed by atoms with Crippen LogP contribution in [0.15, 0.2) is 78.4 Å². The third-order valence-electron chi connectivity index (χ3n) is 5.93.